The lowest BCUT2D eigenvalue weighted by Crippen LogP contribution is -2.29. The van der Waals surface area contributed by atoms with Crippen molar-refractivity contribution in [1.29, 1.82) is 0 Å². The number of halogens is 2. The first-order chi connectivity index (χ1) is 8.97. The van der Waals surface area contributed by atoms with Gasteiger partial charge in [0.05, 0.1) is 0 Å². The summed E-state index contributed by atoms with van der Waals surface area (Å²) in [5, 5.41) is 2.98. The third kappa shape index (κ3) is 3.31. The second-order valence-corrected chi connectivity index (χ2v) is 5.58. The number of hydrogen-bond acceptors (Lipinski definition) is 1. The molecule has 0 radical (unpaired) electrons. The molecule has 1 saturated heterocycles. The highest BCUT2D eigenvalue weighted by molar-refractivity contribution is 5.80. The molecule has 1 aromatic rings. The molecule has 4 heteroatoms. The molecule has 2 nitrogen and oxygen atoms in total. The van der Waals surface area contributed by atoms with Crippen molar-refractivity contribution in [2.75, 3.05) is 0 Å². The van der Waals surface area contributed by atoms with Crippen LogP contribution in [0.4, 0.5) is 8.78 Å². The summed E-state index contributed by atoms with van der Waals surface area (Å²) in [6.45, 7) is 4.23. The van der Waals surface area contributed by atoms with Crippen molar-refractivity contribution in [3.63, 3.8) is 0 Å². The van der Waals surface area contributed by atoms with Gasteiger partial charge in [0.15, 0.2) is 0 Å². The van der Waals surface area contributed by atoms with Gasteiger partial charge in [-0.3, -0.25) is 4.79 Å². The monoisotopic (exact) mass is 267 g/mol. The van der Waals surface area contributed by atoms with Crippen molar-refractivity contribution in [3.05, 3.63) is 35.4 Å². The lowest BCUT2D eigenvalue weighted by molar-refractivity contribution is -0.119. The summed E-state index contributed by atoms with van der Waals surface area (Å²) in [6.07, 6.45) is -1.08. The predicted molar refractivity (Wildman–Crippen MR) is 70.1 cm³/mol. The molecule has 1 heterocycles. The second kappa shape index (κ2) is 5.68. The Kier molecular flexibility index (Phi) is 4.17. The standard InChI is InChI=1S/C15H19F2NO/c1-9(2)7-13-12(8-14(19)18-13)10-3-5-11(6-4-10)15(16)17/h3-6,9,12-13,15H,7-8H2,1-2H3,(H,18,19). The fourth-order valence-electron chi connectivity index (χ4n) is 2.68. The first-order valence-electron chi connectivity index (χ1n) is 6.64. The molecule has 1 aliphatic rings. The summed E-state index contributed by atoms with van der Waals surface area (Å²) in [6, 6.07) is 6.47. The van der Waals surface area contributed by atoms with E-state index in [0.29, 0.717) is 12.3 Å². The molecule has 1 amide bonds. The maximum Gasteiger partial charge on any atom is 0.263 e. The number of carbonyl (C=O) groups excluding carboxylic acids is 1. The Labute approximate surface area is 112 Å². The number of carbonyl (C=O) groups is 1. The molecule has 1 N–H and O–H groups in total. The van der Waals surface area contributed by atoms with Crippen molar-refractivity contribution in [2.24, 2.45) is 5.92 Å². The van der Waals surface area contributed by atoms with Crippen LogP contribution in [0.15, 0.2) is 24.3 Å². The topological polar surface area (TPSA) is 29.1 Å². The van der Waals surface area contributed by atoms with Gasteiger partial charge in [0.1, 0.15) is 0 Å². The van der Waals surface area contributed by atoms with E-state index < -0.39 is 6.43 Å². The number of benzene rings is 1. The molecule has 1 aliphatic heterocycles. The van der Waals surface area contributed by atoms with Crippen LogP contribution in [0.25, 0.3) is 0 Å². The first-order valence-corrected chi connectivity index (χ1v) is 6.64. The Morgan fingerprint density at radius 3 is 2.42 bits per heavy atom. The Morgan fingerprint density at radius 2 is 1.89 bits per heavy atom. The van der Waals surface area contributed by atoms with Gasteiger partial charge in [0, 0.05) is 23.9 Å². The maximum absolute atomic E-state index is 12.5. The Hall–Kier alpha value is -1.45. The van der Waals surface area contributed by atoms with Crippen LogP contribution in [0.1, 0.15) is 50.2 Å². The number of nitrogens with one attached hydrogen (secondary N) is 1. The molecule has 0 aromatic heterocycles. The van der Waals surface area contributed by atoms with Gasteiger partial charge in [-0.2, -0.15) is 0 Å². The van der Waals surface area contributed by atoms with Gasteiger partial charge < -0.3 is 5.32 Å². The Balaban J connectivity index is 2.16. The first kappa shape index (κ1) is 14.0. The minimum absolute atomic E-state index is 0.0291. The van der Waals surface area contributed by atoms with Gasteiger partial charge in [-0.15, -0.1) is 0 Å². The number of hydrogen-bond donors (Lipinski definition) is 1. The molecule has 1 aromatic carbocycles. The quantitative estimate of drug-likeness (QED) is 0.886. The largest absolute Gasteiger partial charge is 0.353 e. The van der Waals surface area contributed by atoms with E-state index in [1.165, 1.54) is 12.1 Å². The van der Waals surface area contributed by atoms with Crippen LogP contribution in [0.5, 0.6) is 0 Å². The third-order valence-electron chi connectivity index (χ3n) is 3.58. The predicted octanol–water partition coefficient (Wildman–Crippen LogP) is 3.64. The maximum atomic E-state index is 12.5. The number of rotatable bonds is 4. The van der Waals surface area contributed by atoms with E-state index in [9.17, 15) is 13.6 Å². The van der Waals surface area contributed by atoms with Gasteiger partial charge in [-0.25, -0.2) is 8.78 Å². The van der Waals surface area contributed by atoms with Crippen LogP contribution in [0.2, 0.25) is 0 Å². The van der Waals surface area contributed by atoms with Gasteiger partial charge in [-0.05, 0) is 17.9 Å². The van der Waals surface area contributed by atoms with E-state index in [-0.39, 0.29) is 23.4 Å². The smallest absolute Gasteiger partial charge is 0.263 e. The Morgan fingerprint density at radius 1 is 1.26 bits per heavy atom. The Bertz CT molecular complexity index is 442. The molecule has 1 fully saturated rings. The molecule has 0 saturated carbocycles. The van der Waals surface area contributed by atoms with Crippen molar-refractivity contribution in [2.45, 2.75) is 45.1 Å². The SMILES string of the molecule is CC(C)CC1NC(=O)CC1c1ccc(C(F)F)cc1. The van der Waals surface area contributed by atoms with Crippen LogP contribution in [0, 0.1) is 5.92 Å². The third-order valence-corrected chi connectivity index (χ3v) is 3.58. The summed E-state index contributed by atoms with van der Waals surface area (Å²) < 4.78 is 25.0. The van der Waals surface area contributed by atoms with Crippen LogP contribution >= 0.6 is 0 Å². The molecule has 2 atom stereocenters. The van der Waals surface area contributed by atoms with E-state index in [4.69, 9.17) is 0 Å². The lowest BCUT2D eigenvalue weighted by atomic mass is 9.87. The average Bonchev–Trinajstić information content (AvgIpc) is 2.69. The molecule has 0 spiro atoms. The molecule has 19 heavy (non-hydrogen) atoms. The van der Waals surface area contributed by atoms with E-state index in [1.807, 2.05) is 0 Å². The van der Waals surface area contributed by atoms with Crippen LogP contribution in [-0.2, 0) is 4.79 Å². The van der Waals surface area contributed by atoms with E-state index >= 15 is 0 Å². The van der Waals surface area contributed by atoms with E-state index in [2.05, 4.69) is 19.2 Å². The molecule has 2 rings (SSSR count). The minimum atomic E-state index is -2.44. The molecule has 0 aliphatic carbocycles. The number of amides is 1. The summed E-state index contributed by atoms with van der Waals surface area (Å²) in [5.41, 5.74) is 0.995. The molecular formula is C15H19F2NO. The zero-order valence-corrected chi connectivity index (χ0v) is 11.2. The highest BCUT2D eigenvalue weighted by atomic mass is 19.3. The summed E-state index contributed by atoms with van der Waals surface area (Å²) in [4.78, 5) is 11.6. The zero-order chi connectivity index (χ0) is 14.0. The summed E-state index contributed by atoms with van der Waals surface area (Å²) >= 11 is 0. The van der Waals surface area contributed by atoms with Crippen LogP contribution in [-0.4, -0.2) is 11.9 Å². The van der Waals surface area contributed by atoms with Gasteiger partial charge in [0.25, 0.3) is 6.43 Å². The normalized spacial score (nSPS) is 23.2. The highest BCUT2D eigenvalue weighted by Gasteiger charge is 2.33. The van der Waals surface area contributed by atoms with E-state index in [0.717, 1.165) is 12.0 Å². The van der Waals surface area contributed by atoms with Gasteiger partial charge >= 0.3 is 0 Å². The van der Waals surface area contributed by atoms with Gasteiger partial charge in [0.2, 0.25) is 5.91 Å². The van der Waals surface area contributed by atoms with Crippen molar-refractivity contribution in [3.8, 4) is 0 Å². The molecule has 2 unspecified atom stereocenters. The zero-order valence-electron chi connectivity index (χ0n) is 11.2. The molecule has 0 bridgehead atoms. The minimum Gasteiger partial charge on any atom is -0.353 e. The molecule has 104 valence electrons. The van der Waals surface area contributed by atoms with Crippen molar-refractivity contribution >= 4 is 5.91 Å². The van der Waals surface area contributed by atoms with E-state index in [1.54, 1.807) is 12.1 Å². The van der Waals surface area contributed by atoms with Crippen molar-refractivity contribution < 1.29 is 13.6 Å². The lowest BCUT2D eigenvalue weighted by Gasteiger charge is -2.21. The average molecular weight is 267 g/mol. The van der Waals surface area contributed by atoms with Crippen molar-refractivity contribution in [1.82, 2.24) is 5.32 Å². The summed E-state index contributed by atoms with van der Waals surface area (Å²) in [5.74, 6) is 0.640. The summed E-state index contributed by atoms with van der Waals surface area (Å²) in [7, 11) is 0. The van der Waals surface area contributed by atoms with Gasteiger partial charge in [-0.1, -0.05) is 38.1 Å². The number of alkyl halides is 2. The fraction of sp³-hybridized carbons (Fsp3) is 0.533. The second-order valence-electron chi connectivity index (χ2n) is 5.58. The highest BCUT2D eigenvalue weighted by Crippen LogP contribution is 2.32. The molecular weight excluding hydrogens is 248 g/mol. The van der Waals surface area contributed by atoms with Crippen LogP contribution < -0.4 is 5.32 Å². The van der Waals surface area contributed by atoms with Crippen LogP contribution in [0.3, 0.4) is 0 Å². The fourth-order valence-corrected chi connectivity index (χ4v) is 2.68.